The van der Waals surface area contributed by atoms with Gasteiger partial charge in [-0.25, -0.2) is 4.98 Å². The van der Waals surface area contributed by atoms with Crippen LogP contribution in [0.25, 0.3) is 22.6 Å². The molecule has 6 heteroatoms. The number of hydrogen-bond donors (Lipinski definition) is 3. The lowest BCUT2D eigenvalue weighted by Crippen LogP contribution is -2.10. The van der Waals surface area contributed by atoms with E-state index in [1.807, 2.05) is 12.1 Å². The molecule has 0 aliphatic rings. The van der Waals surface area contributed by atoms with Crippen molar-refractivity contribution in [3.05, 3.63) is 40.2 Å². The van der Waals surface area contributed by atoms with Crippen LogP contribution in [0.2, 0.25) is 0 Å². The number of imidazole rings is 1. The van der Waals surface area contributed by atoms with Gasteiger partial charge in [-0.15, -0.1) is 0 Å². The number of nitrogens with two attached hydrogens (primary N) is 1. The number of fused-ring (bicyclic) bond motifs is 1. The highest BCUT2D eigenvalue weighted by molar-refractivity contribution is 5.75. The molecule has 0 saturated carbocycles. The number of anilines is 1. The van der Waals surface area contributed by atoms with Gasteiger partial charge in [-0.05, 0) is 11.5 Å². The number of hydrogen-bond acceptors (Lipinski definition) is 4. The van der Waals surface area contributed by atoms with Crippen LogP contribution >= 0.6 is 0 Å². The third-order valence-corrected chi connectivity index (χ3v) is 3.23. The number of aromatic nitrogens is 4. The molecule has 0 spiro atoms. The van der Waals surface area contributed by atoms with Gasteiger partial charge in [0.2, 0.25) is 5.95 Å². The van der Waals surface area contributed by atoms with Crippen LogP contribution < -0.4 is 11.3 Å². The average molecular weight is 269 g/mol. The van der Waals surface area contributed by atoms with E-state index in [1.54, 1.807) is 0 Å². The second kappa shape index (κ2) is 4.48. The standard InChI is InChI=1S/C14H15N5O/c1-7(2)8-3-5-9(6-4-8)11-16-10-12(17-11)18-14(15)19-13(10)20/h3-7H,1-2H3,(H4,15,16,17,18,19,20). The Morgan fingerprint density at radius 2 is 1.80 bits per heavy atom. The van der Waals surface area contributed by atoms with Crippen LogP contribution in [0.4, 0.5) is 5.95 Å². The van der Waals surface area contributed by atoms with Crippen LogP contribution in [0, 0.1) is 0 Å². The minimum absolute atomic E-state index is 0.0655. The van der Waals surface area contributed by atoms with E-state index in [0.717, 1.165) is 5.56 Å². The van der Waals surface area contributed by atoms with Crippen LogP contribution in [0.15, 0.2) is 29.1 Å². The van der Waals surface area contributed by atoms with Crippen molar-refractivity contribution in [3.8, 4) is 11.4 Å². The predicted molar refractivity (Wildman–Crippen MR) is 78.4 cm³/mol. The summed E-state index contributed by atoms with van der Waals surface area (Å²) in [6.45, 7) is 4.28. The van der Waals surface area contributed by atoms with Crippen molar-refractivity contribution in [2.24, 2.45) is 0 Å². The van der Waals surface area contributed by atoms with Gasteiger partial charge in [0.15, 0.2) is 11.2 Å². The van der Waals surface area contributed by atoms with Crippen LogP contribution in [-0.4, -0.2) is 19.9 Å². The van der Waals surface area contributed by atoms with E-state index in [2.05, 4.69) is 45.9 Å². The summed E-state index contributed by atoms with van der Waals surface area (Å²) >= 11 is 0. The zero-order valence-corrected chi connectivity index (χ0v) is 11.3. The van der Waals surface area contributed by atoms with Crippen LogP contribution in [0.1, 0.15) is 25.3 Å². The van der Waals surface area contributed by atoms with Crippen molar-refractivity contribution in [1.29, 1.82) is 0 Å². The Balaban J connectivity index is 2.10. The molecule has 3 rings (SSSR count). The number of nitrogen functional groups attached to an aromatic ring is 1. The fourth-order valence-corrected chi connectivity index (χ4v) is 2.09. The van der Waals surface area contributed by atoms with Crippen molar-refractivity contribution in [2.45, 2.75) is 19.8 Å². The highest BCUT2D eigenvalue weighted by Gasteiger charge is 2.10. The molecule has 6 nitrogen and oxygen atoms in total. The first-order valence-electron chi connectivity index (χ1n) is 6.40. The maximum absolute atomic E-state index is 11.7. The molecule has 4 N–H and O–H groups in total. The first-order valence-corrected chi connectivity index (χ1v) is 6.40. The number of H-pyrrole nitrogens is 2. The van der Waals surface area contributed by atoms with Crippen LogP contribution in [0.3, 0.4) is 0 Å². The molecule has 2 aromatic heterocycles. The summed E-state index contributed by atoms with van der Waals surface area (Å²) in [6.07, 6.45) is 0. The van der Waals surface area contributed by atoms with Gasteiger partial charge in [0, 0.05) is 5.56 Å². The molecule has 0 aliphatic carbocycles. The number of nitrogens with zero attached hydrogens (tertiary/aromatic N) is 2. The molecule has 1 aromatic carbocycles. The topological polar surface area (TPSA) is 100 Å². The summed E-state index contributed by atoms with van der Waals surface area (Å²) < 4.78 is 0. The van der Waals surface area contributed by atoms with Gasteiger partial charge in [-0.3, -0.25) is 9.78 Å². The highest BCUT2D eigenvalue weighted by atomic mass is 16.1. The van der Waals surface area contributed by atoms with Crippen molar-refractivity contribution >= 4 is 17.1 Å². The summed E-state index contributed by atoms with van der Waals surface area (Å²) in [7, 11) is 0. The van der Waals surface area contributed by atoms with Gasteiger partial charge in [-0.1, -0.05) is 38.1 Å². The van der Waals surface area contributed by atoms with Crippen molar-refractivity contribution < 1.29 is 0 Å². The minimum Gasteiger partial charge on any atom is -0.369 e. The summed E-state index contributed by atoms with van der Waals surface area (Å²) in [5.74, 6) is 1.15. The Morgan fingerprint density at radius 1 is 1.10 bits per heavy atom. The van der Waals surface area contributed by atoms with E-state index in [-0.39, 0.29) is 11.5 Å². The van der Waals surface area contributed by atoms with Crippen molar-refractivity contribution in [1.82, 2.24) is 19.9 Å². The molecule has 0 radical (unpaired) electrons. The van der Waals surface area contributed by atoms with Gasteiger partial charge < -0.3 is 10.7 Å². The Kier molecular flexibility index (Phi) is 2.78. The molecule has 0 amide bonds. The Labute approximate surface area is 115 Å². The Bertz CT molecular complexity index is 814. The third kappa shape index (κ3) is 2.05. The van der Waals surface area contributed by atoms with E-state index in [4.69, 9.17) is 5.73 Å². The maximum Gasteiger partial charge on any atom is 0.278 e. The molecular weight excluding hydrogens is 254 g/mol. The van der Waals surface area contributed by atoms with Gasteiger partial charge in [0.25, 0.3) is 5.56 Å². The smallest absolute Gasteiger partial charge is 0.278 e. The predicted octanol–water partition coefficient (Wildman–Crippen LogP) is 2.02. The van der Waals surface area contributed by atoms with Gasteiger partial charge in [0.05, 0.1) is 0 Å². The molecule has 0 fully saturated rings. The zero-order chi connectivity index (χ0) is 14.3. The molecular formula is C14H15N5O. The molecule has 0 bridgehead atoms. The van der Waals surface area contributed by atoms with Gasteiger partial charge in [-0.2, -0.15) is 4.98 Å². The van der Waals surface area contributed by atoms with E-state index in [0.29, 0.717) is 22.9 Å². The second-order valence-corrected chi connectivity index (χ2v) is 5.01. The van der Waals surface area contributed by atoms with E-state index < -0.39 is 0 Å². The molecule has 0 saturated heterocycles. The number of rotatable bonds is 2. The van der Waals surface area contributed by atoms with Gasteiger partial charge in [0.1, 0.15) is 5.82 Å². The molecule has 2 heterocycles. The van der Waals surface area contributed by atoms with E-state index in [1.165, 1.54) is 5.56 Å². The van der Waals surface area contributed by atoms with Crippen molar-refractivity contribution in [3.63, 3.8) is 0 Å². The zero-order valence-electron chi connectivity index (χ0n) is 11.3. The Hall–Kier alpha value is -2.63. The summed E-state index contributed by atoms with van der Waals surface area (Å²) in [5, 5.41) is 0. The van der Waals surface area contributed by atoms with Gasteiger partial charge >= 0.3 is 0 Å². The molecule has 102 valence electrons. The fraction of sp³-hybridized carbons (Fsp3) is 0.214. The Morgan fingerprint density at radius 3 is 2.45 bits per heavy atom. The SMILES string of the molecule is CC(C)c1ccc(-c2nc3nc(N)[nH]c(=O)c3[nH]2)cc1. The quantitative estimate of drug-likeness (QED) is 0.662. The van der Waals surface area contributed by atoms with Crippen LogP contribution in [0.5, 0.6) is 0 Å². The maximum atomic E-state index is 11.7. The minimum atomic E-state index is -0.315. The van der Waals surface area contributed by atoms with E-state index in [9.17, 15) is 4.79 Å². The fourth-order valence-electron chi connectivity index (χ4n) is 2.09. The van der Waals surface area contributed by atoms with Crippen molar-refractivity contribution in [2.75, 3.05) is 5.73 Å². The second-order valence-electron chi connectivity index (χ2n) is 5.01. The lowest BCUT2D eigenvalue weighted by Gasteiger charge is -2.05. The average Bonchev–Trinajstić information content (AvgIpc) is 2.83. The molecule has 3 aromatic rings. The largest absolute Gasteiger partial charge is 0.369 e. The molecule has 0 atom stereocenters. The summed E-state index contributed by atoms with van der Waals surface area (Å²) in [5.41, 5.74) is 8.02. The summed E-state index contributed by atoms with van der Waals surface area (Å²) in [4.78, 5) is 25.5. The van der Waals surface area contributed by atoms with Crippen LogP contribution in [-0.2, 0) is 0 Å². The normalized spacial score (nSPS) is 11.3. The summed E-state index contributed by atoms with van der Waals surface area (Å²) in [6, 6.07) is 8.06. The number of benzene rings is 1. The lowest BCUT2D eigenvalue weighted by molar-refractivity contribution is 0.867. The number of nitrogens with one attached hydrogen (secondary N) is 2. The molecule has 0 unspecified atom stereocenters. The number of aromatic amines is 2. The molecule has 20 heavy (non-hydrogen) atoms. The third-order valence-electron chi connectivity index (χ3n) is 3.23. The lowest BCUT2D eigenvalue weighted by atomic mass is 10.0. The monoisotopic (exact) mass is 269 g/mol. The molecule has 0 aliphatic heterocycles. The highest BCUT2D eigenvalue weighted by Crippen LogP contribution is 2.21. The first kappa shape index (κ1) is 12.4. The first-order chi connectivity index (χ1) is 9.54. The van der Waals surface area contributed by atoms with E-state index >= 15 is 0 Å².